The van der Waals surface area contributed by atoms with E-state index >= 15 is 0 Å². The lowest BCUT2D eigenvalue weighted by atomic mass is 9.85. The summed E-state index contributed by atoms with van der Waals surface area (Å²) in [5, 5.41) is 8.99. The number of aliphatic hydroxyl groups excluding tert-OH is 1. The lowest BCUT2D eigenvalue weighted by molar-refractivity contribution is 0.178. The Bertz CT molecular complexity index is 233. The van der Waals surface area contributed by atoms with Gasteiger partial charge in [0.25, 0.3) is 0 Å². The van der Waals surface area contributed by atoms with Gasteiger partial charge in [0.05, 0.1) is 0 Å². The number of hydrogen-bond donors (Lipinski definition) is 1. The van der Waals surface area contributed by atoms with Gasteiger partial charge in [0.1, 0.15) is 0 Å². The molecule has 1 aromatic heterocycles. The molecule has 2 heteroatoms. The minimum Gasteiger partial charge on any atom is -0.396 e. The molecule has 0 spiro atoms. The first-order chi connectivity index (χ1) is 6.05. The van der Waals surface area contributed by atoms with Crippen molar-refractivity contribution in [2.75, 3.05) is 6.61 Å². The van der Waals surface area contributed by atoms with Crippen LogP contribution in [0.3, 0.4) is 0 Å². The number of hydrogen-bond acceptors (Lipinski definition) is 1. The molecule has 0 saturated carbocycles. The molecule has 1 N–H and O–H groups in total. The van der Waals surface area contributed by atoms with Crippen molar-refractivity contribution in [3.05, 3.63) is 24.5 Å². The van der Waals surface area contributed by atoms with Crippen molar-refractivity contribution in [1.29, 1.82) is 0 Å². The Labute approximate surface area is 80.2 Å². The van der Waals surface area contributed by atoms with Crippen molar-refractivity contribution in [3.8, 4) is 0 Å². The summed E-state index contributed by atoms with van der Waals surface area (Å²) in [6.45, 7) is 6.86. The summed E-state index contributed by atoms with van der Waals surface area (Å²) in [6, 6.07) is 4.43. The van der Waals surface area contributed by atoms with E-state index in [9.17, 15) is 0 Å². The average Bonchev–Trinajstić information content (AvgIpc) is 2.49. The molecule has 1 heterocycles. The van der Waals surface area contributed by atoms with Gasteiger partial charge < -0.3 is 9.67 Å². The van der Waals surface area contributed by atoms with Crippen molar-refractivity contribution >= 4 is 0 Å². The molecule has 2 nitrogen and oxygen atoms in total. The smallest absolute Gasteiger partial charge is 0.0450 e. The van der Waals surface area contributed by atoms with Gasteiger partial charge in [0, 0.05) is 25.0 Å². The Hall–Kier alpha value is -0.760. The highest BCUT2D eigenvalue weighted by atomic mass is 16.3. The summed E-state index contributed by atoms with van der Waals surface area (Å²) in [5.41, 5.74) is 0.196. The fourth-order valence-corrected chi connectivity index (χ4v) is 1.71. The zero-order chi connectivity index (χ0) is 9.90. The molecule has 1 aromatic rings. The van der Waals surface area contributed by atoms with Gasteiger partial charge >= 0.3 is 0 Å². The second kappa shape index (κ2) is 3.97. The van der Waals surface area contributed by atoms with E-state index in [0.29, 0.717) is 6.04 Å². The summed E-state index contributed by atoms with van der Waals surface area (Å²) in [5.74, 6) is 0. The maximum atomic E-state index is 8.99. The fourth-order valence-electron chi connectivity index (χ4n) is 1.71. The molecule has 0 radical (unpaired) electrons. The van der Waals surface area contributed by atoms with Gasteiger partial charge in [-0.3, -0.25) is 0 Å². The molecule has 1 unspecified atom stereocenters. The molecule has 0 amide bonds. The van der Waals surface area contributed by atoms with Crippen LogP contribution in [0.5, 0.6) is 0 Å². The minimum atomic E-state index is 0.196. The van der Waals surface area contributed by atoms with Crippen LogP contribution in [0.2, 0.25) is 0 Å². The third-order valence-corrected chi connectivity index (χ3v) is 2.39. The van der Waals surface area contributed by atoms with Crippen LogP contribution in [0.1, 0.15) is 33.2 Å². The average molecular weight is 181 g/mol. The van der Waals surface area contributed by atoms with E-state index in [1.807, 2.05) is 12.1 Å². The molecular weight excluding hydrogens is 162 g/mol. The molecule has 0 aliphatic heterocycles. The zero-order valence-electron chi connectivity index (χ0n) is 8.70. The number of aliphatic hydroxyl groups is 1. The van der Waals surface area contributed by atoms with Crippen molar-refractivity contribution in [2.45, 2.75) is 33.2 Å². The van der Waals surface area contributed by atoms with Gasteiger partial charge in [0.15, 0.2) is 0 Å². The highest BCUT2D eigenvalue weighted by Crippen LogP contribution is 2.32. The van der Waals surface area contributed by atoms with Crippen molar-refractivity contribution in [1.82, 2.24) is 4.57 Å². The van der Waals surface area contributed by atoms with E-state index in [-0.39, 0.29) is 12.0 Å². The molecule has 1 rings (SSSR count). The lowest BCUT2D eigenvalue weighted by Crippen LogP contribution is -2.24. The maximum Gasteiger partial charge on any atom is 0.0450 e. The van der Waals surface area contributed by atoms with Crippen molar-refractivity contribution in [3.63, 3.8) is 0 Å². The maximum absolute atomic E-state index is 8.99. The van der Waals surface area contributed by atoms with Gasteiger partial charge in [-0.15, -0.1) is 0 Å². The first-order valence-electron chi connectivity index (χ1n) is 4.79. The van der Waals surface area contributed by atoms with E-state index < -0.39 is 0 Å². The molecule has 74 valence electrons. The first kappa shape index (κ1) is 10.3. The van der Waals surface area contributed by atoms with Crippen LogP contribution in [-0.4, -0.2) is 16.3 Å². The molecular formula is C11H19NO. The highest BCUT2D eigenvalue weighted by molar-refractivity contribution is 4.95. The quantitative estimate of drug-likeness (QED) is 0.761. The molecule has 0 aliphatic carbocycles. The minimum absolute atomic E-state index is 0.196. The van der Waals surface area contributed by atoms with Crippen molar-refractivity contribution < 1.29 is 5.11 Å². The second-order valence-electron chi connectivity index (χ2n) is 4.52. The predicted octanol–water partition coefficient (Wildman–Crippen LogP) is 2.46. The molecule has 0 fully saturated rings. The van der Waals surface area contributed by atoms with Crippen LogP contribution in [-0.2, 0) is 0 Å². The molecule has 0 aromatic carbocycles. The number of nitrogens with zero attached hydrogens (tertiary/aromatic N) is 1. The molecule has 0 saturated heterocycles. The molecule has 13 heavy (non-hydrogen) atoms. The Morgan fingerprint density at radius 2 is 1.77 bits per heavy atom. The van der Waals surface area contributed by atoms with Crippen LogP contribution < -0.4 is 0 Å². The van der Waals surface area contributed by atoms with Gasteiger partial charge in [-0.2, -0.15) is 0 Å². The molecule has 1 atom stereocenters. The van der Waals surface area contributed by atoms with Gasteiger partial charge in [-0.1, -0.05) is 20.8 Å². The van der Waals surface area contributed by atoms with Gasteiger partial charge in [-0.05, 0) is 24.0 Å². The summed E-state index contributed by atoms with van der Waals surface area (Å²) < 4.78 is 2.18. The summed E-state index contributed by atoms with van der Waals surface area (Å²) in [7, 11) is 0. The normalized spacial score (nSPS) is 14.5. The second-order valence-corrected chi connectivity index (χ2v) is 4.52. The monoisotopic (exact) mass is 181 g/mol. The lowest BCUT2D eigenvalue weighted by Gasteiger charge is -2.31. The van der Waals surface area contributed by atoms with Crippen LogP contribution in [0.25, 0.3) is 0 Å². The Kier molecular flexibility index (Phi) is 3.15. The summed E-state index contributed by atoms with van der Waals surface area (Å²) >= 11 is 0. The standard InChI is InChI=1S/C11H19NO/c1-11(2,3)10(6-9-13)12-7-4-5-8-12/h4-5,7-8,10,13H,6,9H2,1-3H3. The Morgan fingerprint density at radius 3 is 2.15 bits per heavy atom. The third kappa shape index (κ3) is 2.59. The van der Waals surface area contributed by atoms with E-state index in [4.69, 9.17) is 5.11 Å². The van der Waals surface area contributed by atoms with Crippen molar-refractivity contribution in [2.24, 2.45) is 5.41 Å². The van der Waals surface area contributed by atoms with Crippen LogP contribution in [0, 0.1) is 5.41 Å². The van der Waals surface area contributed by atoms with Gasteiger partial charge in [-0.25, -0.2) is 0 Å². The molecule has 0 aliphatic rings. The SMILES string of the molecule is CC(C)(C)C(CCO)n1cccc1. The van der Waals surface area contributed by atoms with Gasteiger partial charge in [0.2, 0.25) is 0 Å². The summed E-state index contributed by atoms with van der Waals surface area (Å²) in [6.07, 6.45) is 4.94. The van der Waals surface area contributed by atoms with E-state index in [1.165, 1.54) is 0 Å². The highest BCUT2D eigenvalue weighted by Gasteiger charge is 2.24. The van der Waals surface area contributed by atoms with Crippen LogP contribution in [0.4, 0.5) is 0 Å². The van der Waals surface area contributed by atoms with Crippen LogP contribution in [0.15, 0.2) is 24.5 Å². The van der Waals surface area contributed by atoms with E-state index in [1.54, 1.807) is 0 Å². The third-order valence-electron chi connectivity index (χ3n) is 2.39. The zero-order valence-corrected chi connectivity index (χ0v) is 8.70. The molecule has 0 bridgehead atoms. The Balaban J connectivity index is 2.81. The van der Waals surface area contributed by atoms with E-state index in [2.05, 4.69) is 37.7 Å². The topological polar surface area (TPSA) is 25.2 Å². The number of aromatic nitrogens is 1. The predicted molar refractivity (Wildman–Crippen MR) is 54.6 cm³/mol. The fraction of sp³-hybridized carbons (Fsp3) is 0.636. The first-order valence-corrected chi connectivity index (χ1v) is 4.79. The van der Waals surface area contributed by atoms with Crippen LogP contribution >= 0.6 is 0 Å². The number of rotatable bonds is 3. The Morgan fingerprint density at radius 1 is 1.23 bits per heavy atom. The largest absolute Gasteiger partial charge is 0.396 e. The summed E-state index contributed by atoms with van der Waals surface area (Å²) in [4.78, 5) is 0. The van der Waals surface area contributed by atoms with E-state index in [0.717, 1.165) is 6.42 Å².